The Labute approximate surface area is 74.1 Å². The van der Waals surface area contributed by atoms with E-state index in [2.05, 4.69) is 25.7 Å². The predicted molar refractivity (Wildman–Crippen MR) is 50.1 cm³/mol. The quantitative estimate of drug-likeness (QED) is 0.545. The topological polar surface area (TPSA) is 52.5 Å². The van der Waals surface area contributed by atoms with E-state index in [1.807, 2.05) is 0 Å². The van der Waals surface area contributed by atoms with Gasteiger partial charge in [0.05, 0.1) is 12.1 Å². The van der Waals surface area contributed by atoms with Gasteiger partial charge in [0.2, 0.25) is 0 Å². The summed E-state index contributed by atoms with van der Waals surface area (Å²) in [6.07, 6.45) is 0. The highest BCUT2D eigenvalue weighted by Crippen LogP contribution is 2.11. The van der Waals surface area contributed by atoms with Crippen molar-refractivity contribution in [2.75, 3.05) is 13.2 Å². The van der Waals surface area contributed by atoms with Gasteiger partial charge in [-0.1, -0.05) is 20.4 Å². The highest BCUT2D eigenvalue weighted by molar-refractivity contribution is 5.06. The van der Waals surface area contributed by atoms with E-state index in [4.69, 9.17) is 10.2 Å². The number of hydrogen-bond acceptors (Lipinski definition) is 3. The van der Waals surface area contributed by atoms with Crippen molar-refractivity contribution in [2.24, 2.45) is 5.92 Å². The smallest absolute Gasteiger partial charge is 0.107 e. The number of aliphatic hydroxyl groups excluding tert-OH is 2. The molecule has 3 N–H and O–H groups in total. The summed E-state index contributed by atoms with van der Waals surface area (Å²) in [4.78, 5) is 0. The molecule has 0 aromatic carbocycles. The largest absolute Gasteiger partial charge is 0.511 e. The molecule has 0 aliphatic carbocycles. The molecule has 0 saturated heterocycles. The van der Waals surface area contributed by atoms with Crippen LogP contribution in [-0.2, 0) is 0 Å². The van der Waals surface area contributed by atoms with Crippen molar-refractivity contribution in [1.82, 2.24) is 5.32 Å². The van der Waals surface area contributed by atoms with Gasteiger partial charge < -0.3 is 15.5 Å². The van der Waals surface area contributed by atoms with Crippen molar-refractivity contribution in [3.8, 4) is 0 Å². The van der Waals surface area contributed by atoms with E-state index in [-0.39, 0.29) is 12.4 Å². The molecular formula is C9H19NO2. The van der Waals surface area contributed by atoms with Crippen molar-refractivity contribution >= 4 is 0 Å². The second-order valence-electron chi connectivity index (χ2n) is 3.71. The molecule has 3 nitrogen and oxygen atoms in total. The zero-order chi connectivity index (χ0) is 9.78. The van der Waals surface area contributed by atoms with Crippen molar-refractivity contribution in [3.63, 3.8) is 0 Å². The van der Waals surface area contributed by atoms with Gasteiger partial charge in [-0.2, -0.15) is 0 Å². The number of aliphatic hydroxyl groups is 2. The third-order valence-electron chi connectivity index (χ3n) is 1.85. The average Bonchev–Trinajstić information content (AvgIpc) is 1.99. The molecule has 0 rings (SSSR count). The monoisotopic (exact) mass is 173 g/mol. The molecule has 0 fully saturated rings. The molecule has 0 spiro atoms. The van der Waals surface area contributed by atoms with Gasteiger partial charge in [-0.05, 0) is 19.4 Å². The Kier molecular flexibility index (Phi) is 4.28. The molecule has 0 aliphatic heterocycles. The van der Waals surface area contributed by atoms with Crippen LogP contribution >= 0.6 is 0 Å². The summed E-state index contributed by atoms with van der Waals surface area (Å²) in [6.45, 7) is 9.85. The zero-order valence-corrected chi connectivity index (χ0v) is 8.09. The minimum atomic E-state index is -0.760. The van der Waals surface area contributed by atoms with Crippen LogP contribution in [0.2, 0.25) is 0 Å². The van der Waals surface area contributed by atoms with Crippen LogP contribution in [0.1, 0.15) is 20.8 Å². The van der Waals surface area contributed by atoms with Gasteiger partial charge in [0.25, 0.3) is 0 Å². The van der Waals surface area contributed by atoms with E-state index in [0.717, 1.165) is 6.54 Å². The Balaban J connectivity index is 4.06. The number of nitrogens with one attached hydrogen (secondary N) is 1. The molecular weight excluding hydrogens is 154 g/mol. The van der Waals surface area contributed by atoms with Crippen LogP contribution in [0.25, 0.3) is 0 Å². The highest BCUT2D eigenvalue weighted by Gasteiger charge is 2.26. The van der Waals surface area contributed by atoms with Crippen molar-refractivity contribution in [1.29, 1.82) is 0 Å². The fourth-order valence-corrected chi connectivity index (χ4v) is 0.679. The van der Waals surface area contributed by atoms with Crippen LogP contribution in [0.5, 0.6) is 0 Å². The molecule has 12 heavy (non-hydrogen) atoms. The molecule has 0 amide bonds. The zero-order valence-electron chi connectivity index (χ0n) is 8.09. The lowest BCUT2D eigenvalue weighted by Gasteiger charge is -2.28. The summed E-state index contributed by atoms with van der Waals surface area (Å²) in [5.74, 6) is 0.459. The maximum absolute atomic E-state index is 9.17. The number of hydrogen-bond donors (Lipinski definition) is 3. The Hall–Kier alpha value is -0.540. The standard InChI is InChI=1S/C9H19NO2/c1-7(2)5-10-9(4,6-11)8(3)12/h7,10-12H,3,5-6H2,1-2,4H3/t9-/m0/s1. The lowest BCUT2D eigenvalue weighted by Crippen LogP contribution is -2.48. The van der Waals surface area contributed by atoms with E-state index in [1.54, 1.807) is 6.92 Å². The third-order valence-corrected chi connectivity index (χ3v) is 1.85. The van der Waals surface area contributed by atoms with Gasteiger partial charge in [-0.25, -0.2) is 0 Å². The molecule has 3 heteroatoms. The molecule has 0 aromatic rings. The summed E-state index contributed by atoms with van der Waals surface area (Å²) in [7, 11) is 0. The molecule has 72 valence electrons. The van der Waals surface area contributed by atoms with E-state index >= 15 is 0 Å². The van der Waals surface area contributed by atoms with Crippen molar-refractivity contribution in [3.05, 3.63) is 12.3 Å². The van der Waals surface area contributed by atoms with E-state index < -0.39 is 5.54 Å². The van der Waals surface area contributed by atoms with Crippen LogP contribution in [0.15, 0.2) is 12.3 Å². The van der Waals surface area contributed by atoms with Gasteiger partial charge in [0, 0.05) is 0 Å². The normalized spacial score (nSPS) is 16.1. The summed E-state index contributed by atoms with van der Waals surface area (Å²) in [5, 5.41) is 21.2. The van der Waals surface area contributed by atoms with E-state index in [9.17, 15) is 0 Å². The minimum Gasteiger partial charge on any atom is -0.511 e. The third kappa shape index (κ3) is 3.24. The molecule has 0 radical (unpaired) electrons. The molecule has 1 atom stereocenters. The van der Waals surface area contributed by atoms with E-state index in [1.165, 1.54) is 0 Å². The van der Waals surface area contributed by atoms with Gasteiger partial charge in [0.1, 0.15) is 5.76 Å². The molecule has 0 aromatic heterocycles. The molecule has 0 bridgehead atoms. The first-order chi connectivity index (χ1) is 5.42. The molecule has 0 unspecified atom stereocenters. The lowest BCUT2D eigenvalue weighted by molar-refractivity contribution is 0.154. The summed E-state index contributed by atoms with van der Waals surface area (Å²) in [6, 6.07) is 0. The van der Waals surface area contributed by atoms with Crippen LogP contribution in [-0.4, -0.2) is 28.9 Å². The Morgan fingerprint density at radius 1 is 1.58 bits per heavy atom. The fourth-order valence-electron chi connectivity index (χ4n) is 0.679. The van der Waals surface area contributed by atoms with Crippen LogP contribution < -0.4 is 5.32 Å². The summed E-state index contributed by atoms with van der Waals surface area (Å²) in [5.41, 5.74) is -0.760. The first-order valence-corrected chi connectivity index (χ1v) is 4.16. The lowest BCUT2D eigenvalue weighted by atomic mass is 10.0. The van der Waals surface area contributed by atoms with Gasteiger partial charge >= 0.3 is 0 Å². The van der Waals surface area contributed by atoms with Crippen molar-refractivity contribution < 1.29 is 10.2 Å². The first kappa shape index (κ1) is 11.5. The average molecular weight is 173 g/mol. The predicted octanol–water partition coefficient (Wildman–Crippen LogP) is 1.05. The second kappa shape index (κ2) is 4.48. The maximum Gasteiger partial charge on any atom is 0.107 e. The van der Waals surface area contributed by atoms with E-state index in [0.29, 0.717) is 5.92 Å². The Morgan fingerprint density at radius 2 is 2.08 bits per heavy atom. The molecule has 0 saturated carbocycles. The summed E-state index contributed by atoms with van der Waals surface area (Å²) >= 11 is 0. The highest BCUT2D eigenvalue weighted by atomic mass is 16.3. The second-order valence-corrected chi connectivity index (χ2v) is 3.71. The fraction of sp³-hybridized carbons (Fsp3) is 0.778. The van der Waals surface area contributed by atoms with Gasteiger partial charge in [0.15, 0.2) is 0 Å². The minimum absolute atomic E-state index is 0.0225. The van der Waals surface area contributed by atoms with Gasteiger partial charge in [-0.3, -0.25) is 0 Å². The van der Waals surface area contributed by atoms with Crippen LogP contribution in [0, 0.1) is 5.92 Å². The first-order valence-electron chi connectivity index (χ1n) is 4.16. The molecule has 0 aliphatic rings. The Morgan fingerprint density at radius 3 is 2.33 bits per heavy atom. The Bertz CT molecular complexity index is 157. The van der Waals surface area contributed by atoms with Crippen molar-refractivity contribution in [2.45, 2.75) is 26.3 Å². The van der Waals surface area contributed by atoms with Crippen LogP contribution in [0.3, 0.4) is 0 Å². The number of rotatable bonds is 5. The van der Waals surface area contributed by atoms with Gasteiger partial charge in [-0.15, -0.1) is 0 Å². The molecule has 0 heterocycles. The summed E-state index contributed by atoms with van der Waals surface area (Å²) < 4.78 is 0. The SMILES string of the molecule is C=C(O)[C@](C)(CO)NCC(C)C. The van der Waals surface area contributed by atoms with Crippen LogP contribution in [0.4, 0.5) is 0 Å². The maximum atomic E-state index is 9.17.